The number of aryl methyl sites for hydroxylation is 2. The maximum atomic E-state index is 12.9. The Morgan fingerprint density at radius 2 is 1.78 bits per heavy atom. The zero-order valence-corrected chi connectivity index (χ0v) is 18.5. The lowest BCUT2D eigenvalue weighted by atomic mass is 10.1. The van der Waals surface area contributed by atoms with Crippen LogP contribution in [0.3, 0.4) is 0 Å². The van der Waals surface area contributed by atoms with Crippen LogP contribution in [0.15, 0.2) is 53.1 Å². The van der Waals surface area contributed by atoms with E-state index in [-0.39, 0.29) is 31.9 Å². The van der Waals surface area contributed by atoms with Gasteiger partial charge in [-0.15, -0.1) is 0 Å². The Morgan fingerprint density at radius 1 is 1.06 bits per heavy atom. The maximum Gasteiger partial charge on any atom is 0.325 e. The Kier molecular flexibility index (Phi) is 7.96. The molecule has 0 radical (unpaired) electrons. The van der Waals surface area contributed by atoms with Gasteiger partial charge in [0.2, 0.25) is 17.6 Å². The molecule has 0 aliphatic heterocycles. The highest BCUT2D eigenvalue weighted by Crippen LogP contribution is 2.20. The quantitative estimate of drug-likeness (QED) is 0.448. The molecule has 0 N–H and O–H groups in total. The zero-order valence-electron chi connectivity index (χ0n) is 18.5. The fourth-order valence-corrected chi connectivity index (χ4v) is 3.09. The number of nitrogens with zero attached hydrogens (tertiary/aromatic N) is 3. The van der Waals surface area contributed by atoms with Gasteiger partial charge >= 0.3 is 5.97 Å². The molecule has 0 bridgehead atoms. The van der Waals surface area contributed by atoms with Gasteiger partial charge in [0.05, 0.1) is 13.7 Å². The van der Waals surface area contributed by atoms with Crippen molar-refractivity contribution in [1.82, 2.24) is 15.0 Å². The second-order valence-corrected chi connectivity index (χ2v) is 7.28. The molecule has 3 aromatic rings. The lowest BCUT2D eigenvalue weighted by Crippen LogP contribution is -2.36. The van der Waals surface area contributed by atoms with Crippen LogP contribution in [0.5, 0.6) is 5.75 Å². The van der Waals surface area contributed by atoms with Crippen LogP contribution in [0.4, 0.5) is 0 Å². The molecule has 8 nitrogen and oxygen atoms in total. The molecule has 0 unspecified atom stereocenters. The summed E-state index contributed by atoms with van der Waals surface area (Å²) in [6.45, 7) is 4.21. The minimum Gasteiger partial charge on any atom is -0.497 e. The van der Waals surface area contributed by atoms with Crippen molar-refractivity contribution in [3.05, 3.63) is 65.5 Å². The number of carbonyl (C=O) groups is 2. The normalized spacial score (nSPS) is 10.6. The van der Waals surface area contributed by atoms with Crippen LogP contribution in [-0.4, -0.2) is 47.2 Å². The monoisotopic (exact) mass is 437 g/mol. The van der Waals surface area contributed by atoms with Gasteiger partial charge in [-0.25, -0.2) is 0 Å². The van der Waals surface area contributed by atoms with Crippen LogP contribution < -0.4 is 4.74 Å². The molecule has 0 atom stereocenters. The number of methoxy groups -OCH3 is 1. The van der Waals surface area contributed by atoms with E-state index in [1.54, 1.807) is 14.0 Å². The van der Waals surface area contributed by atoms with E-state index in [0.29, 0.717) is 18.3 Å². The molecule has 1 heterocycles. The predicted molar refractivity (Wildman–Crippen MR) is 118 cm³/mol. The molecule has 0 spiro atoms. The molecule has 0 saturated carbocycles. The molecule has 0 aliphatic carbocycles. The molecular weight excluding hydrogens is 410 g/mol. The first-order chi connectivity index (χ1) is 15.5. The van der Waals surface area contributed by atoms with Crippen LogP contribution in [0.1, 0.15) is 30.4 Å². The summed E-state index contributed by atoms with van der Waals surface area (Å²) in [7, 11) is 1.60. The molecule has 32 heavy (non-hydrogen) atoms. The lowest BCUT2D eigenvalue weighted by molar-refractivity contribution is -0.149. The first-order valence-corrected chi connectivity index (χ1v) is 10.4. The molecule has 3 rings (SSSR count). The van der Waals surface area contributed by atoms with E-state index in [4.69, 9.17) is 14.0 Å². The third-order valence-electron chi connectivity index (χ3n) is 4.84. The van der Waals surface area contributed by atoms with E-state index in [2.05, 4.69) is 10.1 Å². The van der Waals surface area contributed by atoms with Gasteiger partial charge in [0.25, 0.3) is 0 Å². The molecule has 0 fully saturated rings. The van der Waals surface area contributed by atoms with Gasteiger partial charge in [-0.05, 0) is 43.7 Å². The van der Waals surface area contributed by atoms with Gasteiger partial charge in [-0.1, -0.05) is 35.0 Å². The molecule has 0 aliphatic rings. The number of esters is 1. The molecule has 168 valence electrons. The largest absolute Gasteiger partial charge is 0.497 e. The van der Waals surface area contributed by atoms with Crippen LogP contribution in [-0.2, 0) is 27.3 Å². The van der Waals surface area contributed by atoms with Crippen molar-refractivity contribution in [3.8, 4) is 17.1 Å². The van der Waals surface area contributed by atoms with E-state index in [9.17, 15) is 9.59 Å². The highest BCUT2D eigenvalue weighted by molar-refractivity contribution is 5.82. The van der Waals surface area contributed by atoms with Crippen LogP contribution >= 0.6 is 0 Å². The van der Waals surface area contributed by atoms with Crippen LogP contribution in [0, 0.1) is 6.92 Å². The van der Waals surface area contributed by atoms with Crippen molar-refractivity contribution in [1.29, 1.82) is 0 Å². The Balaban J connectivity index is 1.64. The third kappa shape index (κ3) is 6.41. The van der Waals surface area contributed by atoms with Crippen LogP contribution in [0.2, 0.25) is 0 Å². The standard InChI is InChI=1S/C24H27N3O5/c1-4-31-23(29)16-27(15-18-7-5-17(2)6-8-18)22(28)14-13-21-25-24(26-32-21)19-9-11-20(30-3)12-10-19/h5-12H,4,13-16H2,1-3H3. The summed E-state index contributed by atoms with van der Waals surface area (Å²) < 4.78 is 15.5. The Labute approximate surface area is 187 Å². The Hall–Kier alpha value is -3.68. The van der Waals surface area contributed by atoms with Crippen LogP contribution in [0.25, 0.3) is 11.4 Å². The summed E-state index contributed by atoms with van der Waals surface area (Å²) in [5.74, 6) is 0.905. The summed E-state index contributed by atoms with van der Waals surface area (Å²) in [6.07, 6.45) is 0.407. The minimum absolute atomic E-state index is 0.110. The van der Waals surface area contributed by atoms with Gasteiger partial charge in [0.15, 0.2) is 0 Å². The summed E-state index contributed by atoms with van der Waals surface area (Å²) in [6, 6.07) is 15.1. The Bertz CT molecular complexity index is 1030. The summed E-state index contributed by atoms with van der Waals surface area (Å²) >= 11 is 0. The predicted octanol–water partition coefficient (Wildman–Crippen LogP) is 3.58. The molecule has 1 amide bonds. The van der Waals surface area contributed by atoms with Crippen molar-refractivity contribution in [2.45, 2.75) is 33.2 Å². The van der Waals surface area contributed by atoms with E-state index < -0.39 is 5.97 Å². The van der Waals surface area contributed by atoms with Crippen molar-refractivity contribution in [2.75, 3.05) is 20.3 Å². The number of ether oxygens (including phenoxy) is 2. The van der Waals surface area contributed by atoms with Gasteiger partial charge in [0.1, 0.15) is 12.3 Å². The second kappa shape index (κ2) is 11.1. The summed E-state index contributed by atoms with van der Waals surface area (Å²) in [5.41, 5.74) is 2.85. The molecule has 2 aromatic carbocycles. The summed E-state index contributed by atoms with van der Waals surface area (Å²) in [5, 5.41) is 3.99. The summed E-state index contributed by atoms with van der Waals surface area (Å²) in [4.78, 5) is 30.8. The minimum atomic E-state index is -0.437. The average Bonchev–Trinajstić information content (AvgIpc) is 3.28. The Morgan fingerprint density at radius 3 is 2.44 bits per heavy atom. The molecule has 0 saturated heterocycles. The number of hydrogen-bond acceptors (Lipinski definition) is 7. The third-order valence-corrected chi connectivity index (χ3v) is 4.84. The van der Waals surface area contributed by atoms with E-state index in [1.807, 2.05) is 55.5 Å². The first kappa shape index (κ1) is 23.0. The molecule has 8 heteroatoms. The molecule has 1 aromatic heterocycles. The fourth-order valence-electron chi connectivity index (χ4n) is 3.09. The SMILES string of the molecule is CCOC(=O)CN(Cc1ccc(C)cc1)C(=O)CCc1nc(-c2ccc(OC)cc2)no1. The average molecular weight is 437 g/mol. The van der Waals surface area contributed by atoms with Gasteiger partial charge in [-0.3, -0.25) is 9.59 Å². The van der Waals surface area contributed by atoms with E-state index in [1.165, 1.54) is 4.90 Å². The number of aromatic nitrogens is 2. The number of hydrogen-bond donors (Lipinski definition) is 0. The number of benzene rings is 2. The van der Waals surface area contributed by atoms with Gasteiger partial charge in [-0.2, -0.15) is 4.98 Å². The van der Waals surface area contributed by atoms with Crippen molar-refractivity contribution >= 4 is 11.9 Å². The maximum absolute atomic E-state index is 12.9. The molecular formula is C24H27N3O5. The smallest absolute Gasteiger partial charge is 0.325 e. The highest BCUT2D eigenvalue weighted by Gasteiger charge is 2.20. The number of carbonyl (C=O) groups excluding carboxylic acids is 2. The first-order valence-electron chi connectivity index (χ1n) is 10.4. The van der Waals surface area contributed by atoms with Crippen molar-refractivity contribution < 1.29 is 23.6 Å². The lowest BCUT2D eigenvalue weighted by Gasteiger charge is -2.21. The van der Waals surface area contributed by atoms with Gasteiger partial charge < -0.3 is 18.9 Å². The highest BCUT2D eigenvalue weighted by atomic mass is 16.5. The second-order valence-electron chi connectivity index (χ2n) is 7.28. The van der Waals surface area contributed by atoms with Gasteiger partial charge in [0, 0.05) is 24.9 Å². The zero-order chi connectivity index (χ0) is 22.9. The number of amides is 1. The van der Waals surface area contributed by atoms with Crippen molar-refractivity contribution in [3.63, 3.8) is 0 Å². The topological polar surface area (TPSA) is 94.8 Å². The number of rotatable bonds is 10. The van der Waals surface area contributed by atoms with E-state index in [0.717, 1.165) is 22.4 Å². The fraction of sp³-hybridized carbons (Fsp3) is 0.333. The van der Waals surface area contributed by atoms with Crippen molar-refractivity contribution in [2.24, 2.45) is 0 Å². The van der Waals surface area contributed by atoms with E-state index >= 15 is 0 Å².